The highest BCUT2D eigenvalue weighted by molar-refractivity contribution is 5.53. The highest BCUT2D eigenvalue weighted by atomic mass is 15.2. The van der Waals surface area contributed by atoms with Crippen molar-refractivity contribution in [2.75, 3.05) is 13.1 Å². The van der Waals surface area contributed by atoms with Crippen LogP contribution in [0, 0.1) is 6.92 Å². The van der Waals surface area contributed by atoms with Crippen molar-refractivity contribution in [3.05, 3.63) is 60.3 Å². The second-order valence-corrected chi connectivity index (χ2v) is 6.55. The van der Waals surface area contributed by atoms with Gasteiger partial charge in [-0.1, -0.05) is 30.3 Å². The van der Waals surface area contributed by atoms with Gasteiger partial charge in [-0.25, -0.2) is 9.97 Å². The van der Waals surface area contributed by atoms with Gasteiger partial charge in [0, 0.05) is 37.2 Å². The van der Waals surface area contributed by atoms with Crippen LogP contribution in [-0.4, -0.2) is 37.5 Å². The van der Waals surface area contributed by atoms with E-state index in [-0.39, 0.29) is 0 Å². The Morgan fingerprint density at radius 1 is 1.21 bits per heavy atom. The molecule has 1 aromatic carbocycles. The van der Waals surface area contributed by atoms with Crippen LogP contribution in [0.5, 0.6) is 0 Å². The molecule has 3 heterocycles. The zero-order valence-corrected chi connectivity index (χ0v) is 14.0. The van der Waals surface area contributed by atoms with Crippen LogP contribution in [0.15, 0.2) is 49.1 Å². The Morgan fingerprint density at radius 2 is 2.08 bits per heavy atom. The van der Waals surface area contributed by atoms with Crippen LogP contribution >= 0.6 is 0 Å². The first-order valence-electron chi connectivity index (χ1n) is 8.61. The number of rotatable bonds is 4. The van der Waals surface area contributed by atoms with E-state index >= 15 is 0 Å². The average Bonchev–Trinajstić information content (AvgIpc) is 3.24. The summed E-state index contributed by atoms with van der Waals surface area (Å²) in [6, 6.07) is 11.2. The molecule has 124 valence electrons. The fourth-order valence-corrected chi connectivity index (χ4v) is 3.62. The van der Waals surface area contributed by atoms with Crippen LogP contribution in [-0.2, 0) is 6.54 Å². The second kappa shape index (κ2) is 6.61. The van der Waals surface area contributed by atoms with Crippen molar-refractivity contribution in [2.45, 2.75) is 32.4 Å². The summed E-state index contributed by atoms with van der Waals surface area (Å²) in [6.45, 7) is 5.28. The molecule has 0 saturated carbocycles. The van der Waals surface area contributed by atoms with Crippen LogP contribution in [0.2, 0.25) is 0 Å². The third-order valence-corrected chi connectivity index (χ3v) is 4.83. The van der Waals surface area contributed by atoms with Gasteiger partial charge in [-0.3, -0.25) is 4.90 Å². The van der Waals surface area contributed by atoms with E-state index in [9.17, 15) is 0 Å². The standard InChI is InChI=1S/C19H23N5/c1-15-18(22-14-21-15)19-20-9-11-24(19)17-8-5-10-23(13-17)12-16-6-3-2-4-7-16/h2-4,6-7,9,11,14,17H,5,8,10,12-13H2,1H3,(H,21,22)/t17-/m0/s1. The molecule has 0 bridgehead atoms. The van der Waals surface area contributed by atoms with Crippen LogP contribution < -0.4 is 0 Å². The molecular formula is C19H23N5. The van der Waals surface area contributed by atoms with E-state index in [1.54, 1.807) is 6.33 Å². The van der Waals surface area contributed by atoms with E-state index in [2.05, 4.69) is 60.9 Å². The van der Waals surface area contributed by atoms with Crippen LogP contribution in [0.1, 0.15) is 30.1 Å². The van der Waals surface area contributed by atoms with Crippen molar-refractivity contribution in [2.24, 2.45) is 0 Å². The molecule has 1 fully saturated rings. The number of aromatic amines is 1. The monoisotopic (exact) mass is 321 g/mol. The first kappa shape index (κ1) is 15.1. The van der Waals surface area contributed by atoms with E-state index in [4.69, 9.17) is 0 Å². The van der Waals surface area contributed by atoms with Crippen molar-refractivity contribution in [3.8, 4) is 11.5 Å². The fraction of sp³-hybridized carbons (Fsp3) is 0.368. The van der Waals surface area contributed by atoms with Crippen molar-refractivity contribution < 1.29 is 0 Å². The lowest BCUT2D eigenvalue weighted by Crippen LogP contribution is -2.36. The lowest BCUT2D eigenvalue weighted by molar-refractivity contribution is 0.171. The summed E-state index contributed by atoms with van der Waals surface area (Å²) >= 11 is 0. The van der Waals surface area contributed by atoms with Gasteiger partial charge in [-0.05, 0) is 31.9 Å². The number of H-pyrrole nitrogens is 1. The Bertz CT molecular complexity index is 789. The number of hydrogen-bond donors (Lipinski definition) is 1. The summed E-state index contributed by atoms with van der Waals surface area (Å²) in [5.74, 6) is 0.973. The first-order chi connectivity index (χ1) is 11.8. The molecule has 1 saturated heterocycles. The fourth-order valence-electron chi connectivity index (χ4n) is 3.62. The zero-order valence-electron chi connectivity index (χ0n) is 14.0. The molecule has 3 aromatic rings. The SMILES string of the molecule is Cc1[nH]cnc1-c1nccn1[C@H]1CCCN(Cc2ccccc2)C1. The maximum absolute atomic E-state index is 4.57. The molecule has 4 rings (SSSR count). The Balaban J connectivity index is 1.53. The summed E-state index contributed by atoms with van der Waals surface area (Å²) in [6.07, 6.45) is 8.14. The average molecular weight is 321 g/mol. The third kappa shape index (κ3) is 2.99. The largest absolute Gasteiger partial charge is 0.348 e. The Hall–Kier alpha value is -2.40. The summed E-state index contributed by atoms with van der Waals surface area (Å²) in [5.41, 5.74) is 3.41. The molecule has 0 aliphatic carbocycles. The predicted octanol–water partition coefficient (Wildman–Crippen LogP) is 3.42. The number of aromatic nitrogens is 4. The summed E-state index contributed by atoms with van der Waals surface area (Å²) in [4.78, 5) is 14.7. The summed E-state index contributed by atoms with van der Waals surface area (Å²) in [5, 5.41) is 0. The topological polar surface area (TPSA) is 49.7 Å². The number of aryl methyl sites for hydroxylation is 1. The number of nitrogens with one attached hydrogen (secondary N) is 1. The molecule has 1 atom stereocenters. The van der Waals surface area contributed by atoms with E-state index < -0.39 is 0 Å². The van der Waals surface area contributed by atoms with Crippen molar-refractivity contribution >= 4 is 0 Å². The molecule has 1 N–H and O–H groups in total. The van der Waals surface area contributed by atoms with E-state index in [0.717, 1.165) is 36.8 Å². The quantitative estimate of drug-likeness (QED) is 0.801. The molecule has 5 nitrogen and oxygen atoms in total. The number of hydrogen-bond acceptors (Lipinski definition) is 3. The molecule has 0 spiro atoms. The second-order valence-electron chi connectivity index (χ2n) is 6.55. The number of nitrogens with zero attached hydrogens (tertiary/aromatic N) is 4. The number of benzene rings is 1. The highest BCUT2D eigenvalue weighted by Crippen LogP contribution is 2.28. The van der Waals surface area contributed by atoms with Gasteiger partial charge in [0.2, 0.25) is 0 Å². The van der Waals surface area contributed by atoms with Crippen LogP contribution in [0.4, 0.5) is 0 Å². The Morgan fingerprint density at radius 3 is 2.88 bits per heavy atom. The normalized spacial score (nSPS) is 18.8. The number of piperidine rings is 1. The van der Waals surface area contributed by atoms with Gasteiger partial charge in [-0.15, -0.1) is 0 Å². The molecular weight excluding hydrogens is 298 g/mol. The first-order valence-corrected chi connectivity index (χ1v) is 8.61. The maximum Gasteiger partial charge on any atom is 0.160 e. The molecule has 1 aliphatic rings. The molecule has 5 heteroatoms. The number of likely N-dealkylation sites (tertiary alicyclic amines) is 1. The lowest BCUT2D eigenvalue weighted by atomic mass is 10.0. The Kier molecular flexibility index (Phi) is 4.17. The molecule has 0 unspecified atom stereocenters. The highest BCUT2D eigenvalue weighted by Gasteiger charge is 2.24. The van der Waals surface area contributed by atoms with Gasteiger partial charge in [0.25, 0.3) is 0 Å². The third-order valence-electron chi connectivity index (χ3n) is 4.83. The van der Waals surface area contributed by atoms with Gasteiger partial charge in [-0.2, -0.15) is 0 Å². The van der Waals surface area contributed by atoms with Crippen molar-refractivity contribution in [3.63, 3.8) is 0 Å². The molecule has 0 amide bonds. The van der Waals surface area contributed by atoms with Gasteiger partial charge in [0.1, 0.15) is 5.69 Å². The molecule has 24 heavy (non-hydrogen) atoms. The van der Waals surface area contributed by atoms with Crippen molar-refractivity contribution in [1.29, 1.82) is 0 Å². The predicted molar refractivity (Wildman–Crippen MR) is 94.5 cm³/mol. The van der Waals surface area contributed by atoms with Crippen molar-refractivity contribution in [1.82, 2.24) is 24.4 Å². The minimum atomic E-state index is 0.455. The van der Waals surface area contributed by atoms with Crippen LogP contribution in [0.3, 0.4) is 0 Å². The van der Waals surface area contributed by atoms with E-state index in [1.165, 1.54) is 18.4 Å². The number of imidazole rings is 2. The summed E-state index contributed by atoms with van der Waals surface area (Å²) in [7, 11) is 0. The van der Waals surface area contributed by atoms with E-state index in [1.807, 2.05) is 13.1 Å². The van der Waals surface area contributed by atoms with Gasteiger partial charge >= 0.3 is 0 Å². The minimum Gasteiger partial charge on any atom is -0.348 e. The Labute approximate surface area is 142 Å². The lowest BCUT2D eigenvalue weighted by Gasteiger charge is -2.34. The smallest absolute Gasteiger partial charge is 0.160 e. The molecule has 1 aliphatic heterocycles. The molecule has 0 radical (unpaired) electrons. The van der Waals surface area contributed by atoms with Crippen LogP contribution in [0.25, 0.3) is 11.5 Å². The van der Waals surface area contributed by atoms with Gasteiger partial charge in [0.15, 0.2) is 5.82 Å². The summed E-state index contributed by atoms with van der Waals surface area (Å²) < 4.78 is 2.31. The van der Waals surface area contributed by atoms with Gasteiger partial charge in [0.05, 0.1) is 6.33 Å². The minimum absolute atomic E-state index is 0.455. The zero-order chi connectivity index (χ0) is 16.4. The molecule has 2 aromatic heterocycles. The van der Waals surface area contributed by atoms with Gasteiger partial charge < -0.3 is 9.55 Å². The maximum atomic E-state index is 4.57. The van der Waals surface area contributed by atoms with E-state index in [0.29, 0.717) is 6.04 Å².